The summed E-state index contributed by atoms with van der Waals surface area (Å²) in [6.45, 7) is 3.51. The normalized spacial score (nSPS) is 20.9. The highest BCUT2D eigenvalue weighted by molar-refractivity contribution is 9.10. The summed E-state index contributed by atoms with van der Waals surface area (Å²) in [5.74, 6) is -1.96. The number of ether oxygens (including phenoxy) is 1. The number of esters is 1. The average molecular weight is 380 g/mol. The fraction of sp³-hybridized carbons (Fsp3) is 0.353. The van der Waals surface area contributed by atoms with Crippen LogP contribution < -0.4 is 0 Å². The maximum atomic E-state index is 12.3. The molecule has 1 aromatic rings. The third-order valence-corrected chi connectivity index (χ3v) is 4.38. The molecule has 0 bridgehead atoms. The summed E-state index contributed by atoms with van der Waals surface area (Å²) in [5.41, 5.74) is -0.00756. The molecule has 23 heavy (non-hydrogen) atoms. The Hall–Kier alpha value is -1.95. The molecular weight excluding hydrogens is 362 g/mol. The van der Waals surface area contributed by atoms with E-state index in [-0.39, 0.29) is 23.5 Å². The van der Waals surface area contributed by atoms with E-state index in [4.69, 9.17) is 4.74 Å². The monoisotopic (exact) mass is 379 g/mol. The molecule has 2 rings (SSSR count). The maximum Gasteiger partial charge on any atom is 0.316 e. The quantitative estimate of drug-likeness (QED) is 0.640. The summed E-state index contributed by atoms with van der Waals surface area (Å²) in [7, 11) is 1.26. The van der Waals surface area contributed by atoms with Gasteiger partial charge in [-0.05, 0) is 29.7 Å². The van der Waals surface area contributed by atoms with Crippen LogP contribution in [0.3, 0.4) is 0 Å². The number of aliphatic hydroxyl groups excluding tert-OH is 1. The zero-order valence-electron chi connectivity index (χ0n) is 13.2. The van der Waals surface area contributed by atoms with Crippen LogP contribution >= 0.6 is 15.9 Å². The van der Waals surface area contributed by atoms with Crippen molar-refractivity contribution in [1.82, 2.24) is 0 Å². The van der Waals surface area contributed by atoms with E-state index in [2.05, 4.69) is 20.9 Å². The number of Topliss-reactive ketones (excluding diaryl/α,β-unsaturated/α-hetero) is 1. The Kier molecular flexibility index (Phi) is 5.04. The van der Waals surface area contributed by atoms with Gasteiger partial charge in [0.15, 0.2) is 5.78 Å². The van der Waals surface area contributed by atoms with Crippen molar-refractivity contribution in [3.05, 3.63) is 40.1 Å². The lowest BCUT2D eigenvalue weighted by molar-refractivity contribution is -0.150. The molecule has 5 nitrogen and oxygen atoms in total. The molecule has 0 heterocycles. The Morgan fingerprint density at radius 3 is 2.57 bits per heavy atom. The summed E-state index contributed by atoms with van der Waals surface area (Å²) in [5, 5.41) is 10.4. The number of rotatable bonds is 3. The van der Waals surface area contributed by atoms with Crippen LogP contribution in [0.25, 0.3) is 0 Å². The van der Waals surface area contributed by atoms with Crippen LogP contribution in [0.15, 0.2) is 45.1 Å². The van der Waals surface area contributed by atoms with E-state index in [1.165, 1.54) is 13.3 Å². The van der Waals surface area contributed by atoms with Crippen LogP contribution in [0, 0.1) is 11.3 Å². The van der Waals surface area contributed by atoms with Gasteiger partial charge in [0.25, 0.3) is 0 Å². The van der Waals surface area contributed by atoms with Gasteiger partial charge in [0.2, 0.25) is 0 Å². The van der Waals surface area contributed by atoms with Crippen molar-refractivity contribution < 1.29 is 19.4 Å². The number of methoxy groups -OCH3 is 1. The van der Waals surface area contributed by atoms with Gasteiger partial charge in [0, 0.05) is 17.1 Å². The third kappa shape index (κ3) is 3.69. The van der Waals surface area contributed by atoms with Gasteiger partial charge in [-0.2, -0.15) is 0 Å². The summed E-state index contributed by atoms with van der Waals surface area (Å²) >= 11 is 3.33. The van der Waals surface area contributed by atoms with Crippen molar-refractivity contribution in [3.8, 4) is 0 Å². The molecule has 0 radical (unpaired) electrons. The van der Waals surface area contributed by atoms with E-state index in [1.54, 1.807) is 26.0 Å². The summed E-state index contributed by atoms with van der Waals surface area (Å²) in [6, 6.07) is 7.19. The first-order valence-electron chi connectivity index (χ1n) is 7.10. The van der Waals surface area contributed by atoms with E-state index in [9.17, 15) is 14.7 Å². The Bertz CT molecular complexity index is 689. The van der Waals surface area contributed by atoms with E-state index in [1.807, 2.05) is 12.1 Å². The van der Waals surface area contributed by atoms with Gasteiger partial charge in [0.1, 0.15) is 11.7 Å². The molecule has 1 atom stereocenters. The average Bonchev–Trinajstić information content (AvgIpc) is 2.47. The van der Waals surface area contributed by atoms with Crippen LogP contribution in [0.4, 0.5) is 5.69 Å². The van der Waals surface area contributed by atoms with E-state index < -0.39 is 17.3 Å². The minimum absolute atomic E-state index is 0.0580. The number of aliphatic hydroxyl groups is 1. The van der Waals surface area contributed by atoms with Crippen LogP contribution in [0.2, 0.25) is 0 Å². The van der Waals surface area contributed by atoms with Gasteiger partial charge in [-0.1, -0.05) is 29.8 Å². The summed E-state index contributed by atoms with van der Waals surface area (Å²) in [6.07, 6.45) is 1.45. The lowest BCUT2D eigenvalue weighted by atomic mass is 9.68. The fourth-order valence-electron chi connectivity index (χ4n) is 2.63. The van der Waals surface area contributed by atoms with Crippen molar-refractivity contribution in [1.29, 1.82) is 0 Å². The zero-order chi connectivity index (χ0) is 17.2. The smallest absolute Gasteiger partial charge is 0.316 e. The Labute approximate surface area is 143 Å². The molecule has 1 aromatic carbocycles. The second kappa shape index (κ2) is 6.66. The lowest BCUT2D eigenvalue weighted by Crippen LogP contribution is -2.40. The number of halogens is 1. The highest BCUT2D eigenvalue weighted by Crippen LogP contribution is 2.41. The molecule has 0 amide bonds. The molecule has 122 valence electrons. The largest absolute Gasteiger partial charge is 0.511 e. The number of allylic oxidation sites excluding steroid dienone is 1. The van der Waals surface area contributed by atoms with E-state index in [0.717, 1.165) is 4.47 Å². The molecule has 0 aromatic heterocycles. The van der Waals surface area contributed by atoms with Gasteiger partial charge >= 0.3 is 5.97 Å². The first kappa shape index (κ1) is 17.4. The molecule has 1 N–H and O–H groups in total. The number of benzene rings is 1. The number of carbonyl (C=O) groups is 2. The molecule has 0 aliphatic heterocycles. The summed E-state index contributed by atoms with van der Waals surface area (Å²) < 4.78 is 5.68. The predicted molar refractivity (Wildman–Crippen MR) is 90.9 cm³/mol. The first-order valence-corrected chi connectivity index (χ1v) is 7.89. The molecule has 1 aliphatic rings. The maximum absolute atomic E-state index is 12.3. The van der Waals surface area contributed by atoms with Crippen LogP contribution in [-0.2, 0) is 14.3 Å². The van der Waals surface area contributed by atoms with Crippen molar-refractivity contribution in [2.75, 3.05) is 7.11 Å². The first-order chi connectivity index (χ1) is 10.8. The van der Waals surface area contributed by atoms with Crippen molar-refractivity contribution in [2.45, 2.75) is 20.3 Å². The van der Waals surface area contributed by atoms with Crippen molar-refractivity contribution in [2.24, 2.45) is 16.3 Å². The van der Waals surface area contributed by atoms with Crippen LogP contribution in [0.5, 0.6) is 0 Å². The molecule has 1 unspecified atom stereocenters. The molecule has 0 saturated heterocycles. The van der Waals surface area contributed by atoms with Gasteiger partial charge in [-0.15, -0.1) is 0 Å². The van der Waals surface area contributed by atoms with Crippen LogP contribution in [-0.4, -0.2) is 30.2 Å². The van der Waals surface area contributed by atoms with Gasteiger partial charge < -0.3 is 9.84 Å². The molecule has 0 fully saturated rings. The number of carbonyl (C=O) groups excluding carboxylic acids is 2. The van der Waals surface area contributed by atoms with Crippen LogP contribution in [0.1, 0.15) is 20.3 Å². The second-order valence-electron chi connectivity index (χ2n) is 6.08. The molecule has 6 heteroatoms. The van der Waals surface area contributed by atoms with Crippen molar-refractivity contribution >= 4 is 39.6 Å². The molecule has 0 saturated carbocycles. The number of nitrogens with zero attached hydrogens (tertiary/aromatic N) is 1. The van der Waals surface area contributed by atoms with Gasteiger partial charge in [-0.25, -0.2) is 0 Å². The van der Waals surface area contributed by atoms with E-state index >= 15 is 0 Å². The van der Waals surface area contributed by atoms with Gasteiger partial charge in [-0.3, -0.25) is 14.6 Å². The fourth-order valence-corrected chi connectivity index (χ4v) is 2.90. The lowest BCUT2D eigenvalue weighted by Gasteiger charge is -2.35. The minimum atomic E-state index is -0.878. The number of aliphatic imine (C=N–C) groups is 1. The van der Waals surface area contributed by atoms with Gasteiger partial charge in [0.05, 0.1) is 18.4 Å². The topological polar surface area (TPSA) is 76.0 Å². The molecule has 1 aliphatic carbocycles. The zero-order valence-corrected chi connectivity index (χ0v) is 14.8. The second-order valence-corrected chi connectivity index (χ2v) is 6.99. The Morgan fingerprint density at radius 1 is 1.39 bits per heavy atom. The number of ketones is 1. The number of hydrogen-bond acceptors (Lipinski definition) is 5. The number of hydrogen-bond donors (Lipinski definition) is 1. The minimum Gasteiger partial charge on any atom is -0.511 e. The summed E-state index contributed by atoms with van der Waals surface area (Å²) in [4.78, 5) is 28.5. The highest BCUT2D eigenvalue weighted by Gasteiger charge is 2.46. The molecule has 0 spiro atoms. The Balaban J connectivity index is 2.40. The highest BCUT2D eigenvalue weighted by atomic mass is 79.9. The molecular formula is C17H18BrNO4. The Morgan fingerprint density at radius 2 is 2.00 bits per heavy atom. The SMILES string of the molecule is COC(=O)C1C(O)=C(C=Nc2ccc(Br)cc2)C(=O)CC1(C)C. The standard InChI is InChI=1S/C17H18BrNO4/c1-17(2)8-13(20)12(15(21)14(17)16(22)23-3)9-19-11-6-4-10(18)5-7-11/h4-7,9,14,21H,8H2,1-3H3. The predicted octanol–water partition coefficient (Wildman–Crippen LogP) is 3.75. The van der Waals surface area contributed by atoms with Crippen molar-refractivity contribution in [3.63, 3.8) is 0 Å². The third-order valence-electron chi connectivity index (χ3n) is 3.85. The van der Waals surface area contributed by atoms with E-state index in [0.29, 0.717) is 5.69 Å².